The predicted molar refractivity (Wildman–Crippen MR) is 267 cm³/mol. The van der Waals surface area contributed by atoms with Crippen molar-refractivity contribution in [3.8, 4) is 0 Å². The van der Waals surface area contributed by atoms with Crippen molar-refractivity contribution >= 4 is 41.2 Å². The van der Waals surface area contributed by atoms with Crippen molar-refractivity contribution in [2.45, 2.75) is 135 Å². The van der Waals surface area contributed by atoms with Gasteiger partial charge in [0.05, 0.1) is 43.2 Å². The molecule has 1 fully saturated rings. The molecule has 1 aliphatic rings. The van der Waals surface area contributed by atoms with E-state index in [0.29, 0.717) is 44.2 Å². The minimum absolute atomic E-state index is 0.00561. The lowest BCUT2D eigenvalue weighted by Crippen LogP contribution is -2.55. The normalized spacial score (nSPS) is 16.7. The smallest absolute Gasteiger partial charge is 0.247 e. The van der Waals surface area contributed by atoms with Crippen molar-refractivity contribution in [2.24, 2.45) is 28.6 Å². The fourth-order valence-corrected chi connectivity index (χ4v) is 8.99. The zero-order valence-electron chi connectivity index (χ0n) is 43.0. The topological polar surface area (TPSA) is 200 Å². The molecule has 0 aliphatic carbocycles. The zero-order chi connectivity index (χ0) is 50.5. The van der Waals surface area contributed by atoms with Crippen LogP contribution in [-0.2, 0) is 51.2 Å². The van der Waals surface area contributed by atoms with Crippen LogP contribution in [-0.4, -0.2) is 154 Å². The zero-order valence-corrected chi connectivity index (χ0v) is 43.0. The number of likely N-dealkylation sites (N-methyl/N-ethyl adjacent to an activating group) is 1. The van der Waals surface area contributed by atoms with Crippen LogP contribution in [0.4, 0.5) is 5.69 Å². The van der Waals surface area contributed by atoms with Crippen LogP contribution >= 0.6 is 0 Å². The van der Waals surface area contributed by atoms with Crippen LogP contribution in [0.5, 0.6) is 0 Å². The van der Waals surface area contributed by atoms with Crippen molar-refractivity contribution in [1.29, 1.82) is 0 Å². The third-order valence-electron chi connectivity index (χ3n) is 13.0. The minimum atomic E-state index is -0.931. The molecule has 17 nitrogen and oxygen atoms in total. The lowest BCUT2D eigenvalue weighted by atomic mass is 9.89. The SMILES string of the molecule is CC[C@H](C)[C@@H]([C@@H](CC(=O)N1CCCC1[C@H](OC)[C@@H](C)C(=O)NC(Cc1ccccc1)C(=O)Nc1ccc(CNC(=O)CCCCCON)cc1)OC)N(C)C(=O)C(N=C(N(C)C)N(C)C)C(C)C. The number of likely N-dealkylation sites (tertiary alicyclic amines) is 1. The van der Waals surface area contributed by atoms with Gasteiger partial charge in [0.15, 0.2) is 5.96 Å². The number of carbonyl (C=O) groups is 5. The summed E-state index contributed by atoms with van der Waals surface area (Å²) in [5.41, 5.74) is 2.28. The number of unbranched alkanes of at least 4 members (excludes halogenated alkanes) is 2. The molecule has 0 saturated carbocycles. The van der Waals surface area contributed by atoms with E-state index in [-0.39, 0.29) is 48.3 Å². The van der Waals surface area contributed by atoms with Gasteiger partial charge in [0.1, 0.15) is 12.1 Å². The van der Waals surface area contributed by atoms with E-state index in [2.05, 4.69) is 34.6 Å². The molecule has 1 heterocycles. The average molecular weight is 950 g/mol. The average Bonchev–Trinajstić information content (AvgIpc) is 3.80. The van der Waals surface area contributed by atoms with Gasteiger partial charge in [0, 0.05) is 81.1 Å². The van der Waals surface area contributed by atoms with Gasteiger partial charge in [-0.2, -0.15) is 0 Å². The van der Waals surface area contributed by atoms with E-state index in [4.69, 9.17) is 20.4 Å². The van der Waals surface area contributed by atoms with E-state index in [1.807, 2.05) is 94.3 Å². The van der Waals surface area contributed by atoms with E-state index in [1.54, 1.807) is 50.1 Å². The Bertz CT molecular complexity index is 1890. The lowest BCUT2D eigenvalue weighted by molar-refractivity contribution is -0.146. The Labute approximate surface area is 406 Å². The Morgan fingerprint density at radius 3 is 2.09 bits per heavy atom. The fourth-order valence-electron chi connectivity index (χ4n) is 8.99. The number of nitrogens with zero attached hydrogens (tertiary/aromatic N) is 5. The second-order valence-electron chi connectivity index (χ2n) is 18.9. The molecule has 5 amide bonds. The van der Waals surface area contributed by atoms with Crippen LogP contribution in [0.15, 0.2) is 59.6 Å². The van der Waals surface area contributed by atoms with Gasteiger partial charge < -0.3 is 49.9 Å². The number of hydrogen-bond acceptors (Lipinski definition) is 10. The Kier molecular flexibility index (Phi) is 24.4. The summed E-state index contributed by atoms with van der Waals surface area (Å²) < 4.78 is 12.2. The quantitative estimate of drug-likeness (QED) is 0.0414. The van der Waals surface area contributed by atoms with Crippen LogP contribution in [0.25, 0.3) is 0 Å². The molecule has 1 saturated heterocycles. The van der Waals surface area contributed by atoms with Gasteiger partial charge in [0.25, 0.3) is 0 Å². The summed E-state index contributed by atoms with van der Waals surface area (Å²) in [7, 11) is 12.5. The number of guanidine groups is 1. The van der Waals surface area contributed by atoms with Gasteiger partial charge >= 0.3 is 0 Å². The van der Waals surface area contributed by atoms with Gasteiger partial charge in [-0.05, 0) is 60.8 Å². The van der Waals surface area contributed by atoms with E-state index < -0.39 is 48.2 Å². The Balaban J connectivity index is 1.76. The molecule has 1 aliphatic heterocycles. The molecule has 5 N–H and O–H groups in total. The van der Waals surface area contributed by atoms with Crippen LogP contribution in [0, 0.1) is 17.8 Å². The molecule has 0 aromatic heterocycles. The van der Waals surface area contributed by atoms with Gasteiger partial charge in [-0.15, -0.1) is 0 Å². The first-order valence-corrected chi connectivity index (χ1v) is 24.2. The number of methoxy groups -OCH3 is 2. The molecular weight excluding hydrogens is 867 g/mol. The molecule has 68 heavy (non-hydrogen) atoms. The Hall–Kier alpha value is -5.10. The van der Waals surface area contributed by atoms with Gasteiger partial charge in [-0.25, -0.2) is 10.9 Å². The first kappa shape index (κ1) is 57.2. The monoisotopic (exact) mass is 950 g/mol. The van der Waals surface area contributed by atoms with Crippen molar-refractivity contribution < 1.29 is 38.3 Å². The maximum atomic E-state index is 14.5. The first-order valence-electron chi connectivity index (χ1n) is 24.2. The third-order valence-corrected chi connectivity index (χ3v) is 13.0. The molecule has 0 bridgehead atoms. The number of ether oxygens (including phenoxy) is 2. The van der Waals surface area contributed by atoms with Crippen molar-refractivity contribution in [2.75, 3.05) is 67.9 Å². The molecule has 8 atom stereocenters. The molecule has 2 aromatic rings. The molecule has 17 heteroatoms. The molecule has 3 rings (SSSR count). The van der Waals surface area contributed by atoms with Crippen LogP contribution in [0.2, 0.25) is 0 Å². The predicted octanol–water partition coefficient (Wildman–Crippen LogP) is 4.84. The van der Waals surface area contributed by atoms with E-state index in [1.165, 1.54) is 0 Å². The number of amides is 5. The summed E-state index contributed by atoms with van der Waals surface area (Å²) in [6, 6.07) is 14.3. The van der Waals surface area contributed by atoms with Crippen LogP contribution < -0.4 is 21.8 Å². The summed E-state index contributed by atoms with van der Waals surface area (Å²) >= 11 is 0. The van der Waals surface area contributed by atoms with Crippen molar-refractivity contribution in [3.63, 3.8) is 0 Å². The minimum Gasteiger partial charge on any atom is -0.379 e. The molecule has 2 aromatic carbocycles. The van der Waals surface area contributed by atoms with E-state index in [0.717, 1.165) is 43.2 Å². The third kappa shape index (κ3) is 17.1. The lowest BCUT2D eigenvalue weighted by Gasteiger charge is -2.40. The molecular formula is C51H83N9O8. The number of nitrogens with two attached hydrogens (primary N) is 1. The summed E-state index contributed by atoms with van der Waals surface area (Å²) in [5.74, 6) is 3.78. The second-order valence-corrected chi connectivity index (χ2v) is 18.9. The Morgan fingerprint density at radius 1 is 0.853 bits per heavy atom. The highest BCUT2D eigenvalue weighted by molar-refractivity contribution is 5.97. The number of aliphatic imine (C=N–C) groups is 1. The number of carbonyl (C=O) groups excluding carboxylic acids is 5. The number of nitrogens with one attached hydrogen (secondary N) is 3. The number of hydrogen-bond donors (Lipinski definition) is 4. The summed E-state index contributed by atoms with van der Waals surface area (Å²) in [5, 5.41) is 8.90. The van der Waals surface area contributed by atoms with Crippen LogP contribution in [0.3, 0.4) is 0 Å². The van der Waals surface area contributed by atoms with Crippen LogP contribution in [0.1, 0.15) is 97.1 Å². The van der Waals surface area contributed by atoms with Gasteiger partial charge in [-0.3, -0.25) is 24.0 Å². The standard InChI is InChI=1S/C51H83N9O8/c1-13-35(4)46(59(10)50(65)45(34(2)3)56-51(57(6)7)58(8)9)42(66-11)32-44(62)60-29-20-23-41(60)47(67-12)36(5)48(63)55-40(31-37-21-16-14-17-22-37)49(64)54-39-27-25-38(26-28-39)33-53-43(61)24-18-15-19-30-68-52/h14,16-17,21-22,25-28,34-36,40-42,45-47H,13,15,18-20,23-24,29-33,52H2,1-12H3,(H,53,61)(H,54,64)(H,55,63)/t35-,36+,40?,41?,42+,45?,46-,47+/m0/s1. The summed E-state index contributed by atoms with van der Waals surface area (Å²) in [6.45, 7) is 11.2. The first-order chi connectivity index (χ1) is 32.4. The van der Waals surface area contributed by atoms with E-state index in [9.17, 15) is 24.0 Å². The van der Waals surface area contributed by atoms with E-state index >= 15 is 0 Å². The van der Waals surface area contributed by atoms with Gasteiger partial charge in [0.2, 0.25) is 29.5 Å². The maximum Gasteiger partial charge on any atom is 0.247 e. The number of benzene rings is 2. The molecule has 0 spiro atoms. The largest absolute Gasteiger partial charge is 0.379 e. The Morgan fingerprint density at radius 2 is 1.51 bits per heavy atom. The highest BCUT2D eigenvalue weighted by atomic mass is 16.6. The highest BCUT2D eigenvalue weighted by Gasteiger charge is 2.43. The molecule has 3 unspecified atom stereocenters. The van der Waals surface area contributed by atoms with Gasteiger partial charge in [-0.1, -0.05) is 89.9 Å². The molecule has 380 valence electrons. The van der Waals surface area contributed by atoms with Crippen molar-refractivity contribution in [1.82, 2.24) is 30.2 Å². The summed E-state index contributed by atoms with van der Waals surface area (Å²) in [4.78, 5) is 86.1. The number of anilines is 1. The summed E-state index contributed by atoms with van der Waals surface area (Å²) in [6.07, 6.45) is 3.87. The van der Waals surface area contributed by atoms with Crippen molar-refractivity contribution in [3.05, 3.63) is 65.7 Å². The fraction of sp³-hybridized carbons (Fsp3) is 0.647. The highest BCUT2D eigenvalue weighted by Crippen LogP contribution is 2.30. The molecule has 0 radical (unpaired) electrons. The maximum absolute atomic E-state index is 14.5. The number of rotatable bonds is 27. The second kappa shape index (κ2) is 29.0.